The van der Waals surface area contributed by atoms with Gasteiger partial charge in [0.1, 0.15) is 11.3 Å². The van der Waals surface area contributed by atoms with E-state index in [0.29, 0.717) is 16.0 Å². The molecule has 4 rings (SSSR count). The number of carbonyl (C=O) groups is 1. The first-order valence-electron chi connectivity index (χ1n) is 7.21. The quantitative estimate of drug-likeness (QED) is 0.412. The lowest BCUT2D eigenvalue weighted by Gasteiger charge is -1.96. The molecule has 1 N–H and O–H groups in total. The summed E-state index contributed by atoms with van der Waals surface area (Å²) < 4.78 is 11.5. The van der Waals surface area contributed by atoms with Crippen LogP contribution >= 0.6 is 15.9 Å². The summed E-state index contributed by atoms with van der Waals surface area (Å²) in [7, 11) is 0. The Kier molecular flexibility index (Phi) is 3.66. The third-order valence-corrected chi connectivity index (χ3v) is 4.03. The maximum atomic E-state index is 12.2. The molecule has 24 heavy (non-hydrogen) atoms. The molecule has 5 nitrogen and oxygen atoms in total. The van der Waals surface area contributed by atoms with Crippen molar-refractivity contribution in [1.29, 1.82) is 0 Å². The molecule has 6 heteroatoms. The molecule has 0 spiro atoms. The zero-order valence-corrected chi connectivity index (χ0v) is 13.9. The van der Waals surface area contributed by atoms with Gasteiger partial charge in [-0.1, -0.05) is 30.3 Å². The van der Waals surface area contributed by atoms with Gasteiger partial charge in [-0.2, -0.15) is 5.10 Å². The van der Waals surface area contributed by atoms with Gasteiger partial charge in [0, 0.05) is 5.39 Å². The van der Waals surface area contributed by atoms with Crippen molar-refractivity contribution in [2.75, 3.05) is 0 Å². The van der Waals surface area contributed by atoms with Crippen molar-refractivity contribution < 1.29 is 13.6 Å². The van der Waals surface area contributed by atoms with Gasteiger partial charge in [-0.05, 0) is 51.0 Å². The SMILES string of the molecule is O=C(NN=Cc1ccc(Br)o1)c1cc2c(ccc3ccccc32)o1. The second-order valence-corrected chi connectivity index (χ2v) is 5.93. The van der Waals surface area contributed by atoms with Crippen LogP contribution < -0.4 is 5.43 Å². The zero-order valence-electron chi connectivity index (χ0n) is 12.3. The average Bonchev–Trinajstić information content (AvgIpc) is 3.21. The number of hydrazone groups is 1. The van der Waals surface area contributed by atoms with Crippen LogP contribution in [0.3, 0.4) is 0 Å². The first-order chi connectivity index (χ1) is 11.7. The van der Waals surface area contributed by atoms with E-state index < -0.39 is 5.91 Å². The van der Waals surface area contributed by atoms with Crippen molar-refractivity contribution in [2.45, 2.75) is 0 Å². The van der Waals surface area contributed by atoms with E-state index in [9.17, 15) is 4.79 Å². The lowest BCUT2D eigenvalue weighted by molar-refractivity contribution is 0.0929. The van der Waals surface area contributed by atoms with Crippen LogP contribution in [0.25, 0.3) is 21.7 Å². The molecular weight excluding hydrogens is 372 g/mol. The molecule has 0 saturated heterocycles. The number of amides is 1. The first kappa shape index (κ1) is 14.7. The van der Waals surface area contributed by atoms with Crippen LogP contribution in [0.5, 0.6) is 0 Å². The van der Waals surface area contributed by atoms with Gasteiger partial charge in [0.05, 0.1) is 6.21 Å². The number of hydrogen-bond acceptors (Lipinski definition) is 4. The Hall–Kier alpha value is -2.86. The van der Waals surface area contributed by atoms with E-state index in [1.807, 2.05) is 36.4 Å². The number of halogens is 1. The molecule has 118 valence electrons. The highest BCUT2D eigenvalue weighted by Crippen LogP contribution is 2.28. The summed E-state index contributed by atoms with van der Waals surface area (Å²) in [6.45, 7) is 0. The van der Waals surface area contributed by atoms with Crippen LogP contribution in [0.15, 0.2) is 73.2 Å². The maximum absolute atomic E-state index is 12.2. The molecule has 0 unspecified atom stereocenters. The normalized spacial score (nSPS) is 11.5. The summed E-state index contributed by atoms with van der Waals surface area (Å²) in [4.78, 5) is 12.2. The lowest BCUT2D eigenvalue weighted by atomic mass is 10.1. The Morgan fingerprint density at radius 3 is 2.75 bits per heavy atom. The fraction of sp³-hybridized carbons (Fsp3) is 0. The van der Waals surface area contributed by atoms with E-state index in [2.05, 4.69) is 26.5 Å². The van der Waals surface area contributed by atoms with E-state index in [1.54, 1.807) is 18.2 Å². The highest BCUT2D eigenvalue weighted by atomic mass is 79.9. The largest absolute Gasteiger partial charge is 0.451 e. The van der Waals surface area contributed by atoms with E-state index in [0.717, 1.165) is 16.2 Å². The summed E-state index contributed by atoms with van der Waals surface area (Å²) >= 11 is 3.20. The molecule has 0 fully saturated rings. The first-order valence-corrected chi connectivity index (χ1v) is 8.00. The van der Waals surface area contributed by atoms with Gasteiger partial charge in [-0.25, -0.2) is 5.43 Å². The van der Waals surface area contributed by atoms with Crippen LogP contribution in [0.1, 0.15) is 16.3 Å². The van der Waals surface area contributed by atoms with E-state index in [4.69, 9.17) is 8.83 Å². The Balaban J connectivity index is 1.60. The third-order valence-electron chi connectivity index (χ3n) is 3.60. The molecule has 0 aliphatic heterocycles. The second kappa shape index (κ2) is 5.98. The van der Waals surface area contributed by atoms with Crippen LogP contribution in [0.2, 0.25) is 0 Å². The topological polar surface area (TPSA) is 67.7 Å². The molecule has 0 atom stereocenters. The summed E-state index contributed by atoms with van der Waals surface area (Å²) in [5, 5.41) is 6.90. The van der Waals surface area contributed by atoms with Gasteiger partial charge in [-0.15, -0.1) is 0 Å². The number of rotatable bonds is 3. The molecule has 0 aliphatic carbocycles. The lowest BCUT2D eigenvalue weighted by Crippen LogP contribution is -2.16. The molecule has 0 aliphatic rings. The van der Waals surface area contributed by atoms with Crippen molar-refractivity contribution in [3.05, 3.63) is 70.8 Å². The van der Waals surface area contributed by atoms with E-state index >= 15 is 0 Å². The zero-order chi connectivity index (χ0) is 16.5. The van der Waals surface area contributed by atoms with Gasteiger partial charge in [-0.3, -0.25) is 4.79 Å². The Morgan fingerprint density at radius 2 is 1.92 bits per heavy atom. The molecule has 0 saturated carbocycles. The van der Waals surface area contributed by atoms with Crippen molar-refractivity contribution in [2.24, 2.45) is 5.10 Å². The van der Waals surface area contributed by atoms with Gasteiger partial charge >= 0.3 is 5.91 Å². The molecule has 0 radical (unpaired) electrons. The molecule has 4 aromatic rings. The van der Waals surface area contributed by atoms with Gasteiger partial charge in [0.25, 0.3) is 0 Å². The van der Waals surface area contributed by atoms with Crippen molar-refractivity contribution in [3.8, 4) is 0 Å². The van der Waals surface area contributed by atoms with Crippen LogP contribution in [-0.2, 0) is 0 Å². The van der Waals surface area contributed by atoms with Crippen LogP contribution in [0, 0.1) is 0 Å². The third kappa shape index (κ3) is 2.72. The van der Waals surface area contributed by atoms with Gasteiger partial charge < -0.3 is 8.83 Å². The molecule has 2 heterocycles. The molecule has 0 bridgehead atoms. The smallest absolute Gasteiger partial charge is 0.307 e. The molecule has 1 amide bonds. The molecule has 2 aromatic heterocycles. The summed E-state index contributed by atoms with van der Waals surface area (Å²) in [5.41, 5.74) is 3.09. The van der Waals surface area contributed by atoms with E-state index in [-0.39, 0.29) is 5.76 Å². The average molecular weight is 383 g/mol. The van der Waals surface area contributed by atoms with E-state index in [1.165, 1.54) is 6.21 Å². The van der Waals surface area contributed by atoms with Crippen molar-refractivity contribution in [3.63, 3.8) is 0 Å². The van der Waals surface area contributed by atoms with Crippen LogP contribution in [0.4, 0.5) is 0 Å². The minimum absolute atomic E-state index is 0.208. The van der Waals surface area contributed by atoms with Gasteiger partial charge in [0.2, 0.25) is 0 Å². The number of nitrogens with zero attached hydrogens (tertiary/aromatic N) is 1. The molecule has 2 aromatic carbocycles. The Bertz CT molecular complexity index is 1080. The Labute approximate surface area is 145 Å². The Morgan fingerprint density at radius 1 is 1.04 bits per heavy atom. The van der Waals surface area contributed by atoms with Crippen molar-refractivity contribution >= 4 is 49.8 Å². The van der Waals surface area contributed by atoms with Crippen LogP contribution in [-0.4, -0.2) is 12.1 Å². The van der Waals surface area contributed by atoms with Crippen molar-refractivity contribution in [1.82, 2.24) is 5.43 Å². The number of fused-ring (bicyclic) bond motifs is 3. The summed E-state index contributed by atoms with van der Waals surface area (Å²) in [6.07, 6.45) is 1.42. The monoisotopic (exact) mass is 382 g/mol. The number of hydrogen-bond donors (Lipinski definition) is 1. The number of furan rings is 2. The standard InChI is InChI=1S/C18H11BrN2O3/c19-17-8-6-12(23-17)10-20-21-18(22)16-9-14-13-4-2-1-3-11(13)5-7-15(14)24-16/h1-10H,(H,21,22). The minimum atomic E-state index is -0.419. The number of carbonyl (C=O) groups excluding carboxylic acids is 1. The highest BCUT2D eigenvalue weighted by molar-refractivity contribution is 9.10. The number of benzene rings is 2. The minimum Gasteiger partial charge on any atom is -0.451 e. The summed E-state index contributed by atoms with van der Waals surface area (Å²) in [5.74, 6) is 0.314. The predicted molar refractivity (Wildman–Crippen MR) is 95.2 cm³/mol. The number of nitrogens with one attached hydrogen (secondary N) is 1. The second-order valence-electron chi connectivity index (χ2n) is 5.15. The fourth-order valence-corrected chi connectivity index (χ4v) is 2.83. The predicted octanol–water partition coefficient (Wildman–Crippen LogP) is 4.71. The summed E-state index contributed by atoms with van der Waals surface area (Å²) in [6, 6.07) is 17.0. The maximum Gasteiger partial charge on any atom is 0.307 e. The molecular formula is C18H11BrN2O3. The van der Waals surface area contributed by atoms with Gasteiger partial charge in [0.15, 0.2) is 10.4 Å². The fourth-order valence-electron chi connectivity index (χ4n) is 2.51. The highest BCUT2D eigenvalue weighted by Gasteiger charge is 2.13.